The number of aromatic nitrogens is 5. The molecule has 0 aliphatic carbocycles. The molecule has 1 aromatic heterocycles. The summed E-state index contributed by atoms with van der Waals surface area (Å²) in [6.45, 7) is 3.20. The SMILES string of the molecule is CCCOc1ccc(-c2ccc(Cn3cc4nc(-c5cccc(F)c5F)nc-4cn3)nc2)cc1. The van der Waals surface area contributed by atoms with Gasteiger partial charge in [0.2, 0.25) is 0 Å². The van der Waals surface area contributed by atoms with Crippen LogP contribution in [-0.2, 0) is 6.54 Å². The van der Waals surface area contributed by atoms with E-state index in [2.05, 4.69) is 27.0 Å². The molecule has 0 amide bonds. The Labute approximate surface area is 195 Å². The summed E-state index contributed by atoms with van der Waals surface area (Å²) in [6.07, 6.45) is 6.06. The molecule has 0 saturated heterocycles. The number of hydrogen-bond acceptors (Lipinski definition) is 5. The Bertz CT molecular complexity index is 1380. The van der Waals surface area contributed by atoms with Gasteiger partial charge < -0.3 is 4.74 Å². The van der Waals surface area contributed by atoms with E-state index >= 15 is 0 Å². The summed E-state index contributed by atoms with van der Waals surface area (Å²) in [7, 11) is 0. The van der Waals surface area contributed by atoms with E-state index in [-0.39, 0.29) is 11.4 Å². The fourth-order valence-electron chi connectivity index (χ4n) is 3.56. The summed E-state index contributed by atoms with van der Waals surface area (Å²) in [6, 6.07) is 15.8. The molecule has 2 aliphatic rings. The Morgan fingerprint density at radius 3 is 2.44 bits per heavy atom. The van der Waals surface area contributed by atoms with Crippen LogP contribution in [0.1, 0.15) is 19.0 Å². The van der Waals surface area contributed by atoms with E-state index in [9.17, 15) is 8.78 Å². The summed E-state index contributed by atoms with van der Waals surface area (Å²) in [4.78, 5) is 13.2. The Morgan fingerprint density at radius 1 is 0.882 bits per heavy atom. The first-order valence-electron chi connectivity index (χ1n) is 10.9. The number of benzene rings is 2. The molecule has 34 heavy (non-hydrogen) atoms. The van der Waals surface area contributed by atoms with Gasteiger partial charge in [0.15, 0.2) is 17.5 Å². The van der Waals surface area contributed by atoms with Crippen molar-refractivity contribution in [1.82, 2.24) is 24.7 Å². The monoisotopic (exact) mass is 457 g/mol. The quantitative estimate of drug-likeness (QED) is 0.317. The van der Waals surface area contributed by atoms with Crippen LogP contribution in [-0.4, -0.2) is 31.3 Å². The highest BCUT2D eigenvalue weighted by atomic mass is 19.2. The van der Waals surface area contributed by atoms with Crippen molar-refractivity contribution in [2.75, 3.05) is 6.61 Å². The molecular weight excluding hydrogens is 436 g/mol. The zero-order chi connectivity index (χ0) is 23.5. The van der Waals surface area contributed by atoms with Crippen LogP contribution >= 0.6 is 0 Å². The first kappa shape index (κ1) is 21.6. The minimum Gasteiger partial charge on any atom is -0.494 e. The molecule has 6 nitrogen and oxygen atoms in total. The molecule has 170 valence electrons. The molecule has 0 unspecified atom stereocenters. The summed E-state index contributed by atoms with van der Waals surface area (Å²) in [5.74, 6) is -0.923. The predicted octanol–water partition coefficient (Wildman–Crippen LogP) is 5.62. The van der Waals surface area contributed by atoms with Gasteiger partial charge in [-0.3, -0.25) is 9.67 Å². The molecule has 5 rings (SSSR count). The molecule has 0 N–H and O–H groups in total. The van der Waals surface area contributed by atoms with Gasteiger partial charge in [0.1, 0.15) is 17.1 Å². The van der Waals surface area contributed by atoms with Gasteiger partial charge in [-0.25, -0.2) is 18.7 Å². The molecule has 8 heteroatoms. The summed E-state index contributed by atoms with van der Waals surface area (Å²) >= 11 is 0. The maximum absolute atomic E-state index is 14.1. The lowest BCUT2D eigenvalue weighted by Crippen LogP contribution is -2.06. The van der Waals surface area contributed by atoms with Crippen molar-refractivity contribution < 1.29 is 13.5 Å². The average Bonchev–Trinajstić information content (AvgIpc) is 3.28. The Hall–Kier alpha value is -4.20. The van der Waals surface area contributed by atoms with Crippen LogP contribution in [0.3, 0.4) is 0 Å². The van der Waals surface area contributed by atoms with Crippen LogP contribution in [0.4, 0.5) is 8.78 Å². The Balaban J connectivity index is 1.32. The van der Waals surface area contributed by atoms with E-state index in [1.54, 1.807) is 17.1 Å². The van der Waals surface area contributed by atoms with Gasteiger partial charge in [-0.1, -0.05) is 31.2 Å². The maximum atomic E-state index is 14.1. The highest BCUT2D eigenvalue weighted by molar-refractivity contribution is 5.65. The van der Waals surface area contributed by atoms with Crippen molar-refractivity contribution in [3.05, 3.63) is 90.5 Å². The number of ether oxygens (including phenoxy) is 1. The molecular formula is C26H21F2N5O. The number of pyridine rings is 1. The molecule has 0 fully saturated rings. The van der Waals surface area contributed by atoms with Crippen LogP contribution in [0.25, 0.3) is 33.9 Å². The lowest BCUT2D eigenvalue weighted by molar-refractivity contribution is 0.317. The second-order valence-corrected chi connectivity index (χ2v) is 7.80. The molecule has 0 atom stereocenters. The standard InChI is InChI=1S/C26H21F2N5O/c1-2-12-34-20-10-7-17(8-11-20)18-6-9-19(29-13-18)15-33-16-24-23(14-30-33)31-26(32-24)21-4-3-5-22(27)25(21)28/h3-11,13-14,16H,2,12,15H2,1H3. The molecule has 0 saturated carbocycles. The highest BCUT2D eigenvalue weighted by Gasteiger charge is 2.18. The van der Waals surface area contributed by atoms with Crippen LogP contribution in [0, 0.1) is 11.6 Å². The molecule has 2 aliphatic heterocycles. The third kappa shape index (κ3) is 4.47. The van der Waals surface area contributed by atoms with Crippen molar-refractivity contribution in [3.8, 4) is 39.7 Å². The van der Waals surface area contributed by atoms with Crippen LogP contribution in [0.2, 0.25) is 0 Å². The van der Waals surface area contributed by atoms with Gasteiger partial charge in [-0.2, -0.15) is 5.10 Å². The number of nitrogens with zero attached hydrogens (tertiary/aromatic N) is 5. The minimum absolute atomic E-state index is 0.0185. The number of rotatable bonds is 7. The fraction of sp³-hybridized carbons (Fsp3) is 0.154. The van der Waals surface area contributed by atoms with Crippen molar-refractivity contribution in [2.24, 2.45) is 0 Å². The number of imidazole rings is 1. The Kier molecular flexibility index (Phi) is 5.95. The fourth-order valence-corrected chi connectivity index (χ4v) is 3.56. The molecule has 3 heterocycles. The van der Waals surface area contributed by atoms with E-state index < -0.39 is 11.6 Å². The lowest BCUT2D eigenvalue weighted by atomic mass is 10.1. The number of fused-ring (bicyclic) bond motifs is 1. The van der Waals surface area contributed by atoms with E-state index in [4.69, 9.17) is 4.74 Å². The molecule has 3 aromatic rings. The van der Waals surface area contributed by atoms with Gasteiger partial charge >= 0.3 is 0 Å². The smallest absolute Gasteiger partial charge is 0.169 e. The third-order valence-corrected chi connectivity index (χ3v) is 5.32. The van der Waals surface area contributed by atoms with Crippen LogP contribution in [0.5, 0.6) is 5.75 Å². The number of halogens is 2. The summed E-state index contributed by atoms with van der Waals surface area (Å²) in [5.41, 5.74) is 3.94. The minimum atomic E-state index is -0.967. The van der Waals surface area contributed by atoms with Crippen LogP contribution < -0.4 is 4.74 Å². The highest BCUT2D eigenvalue weighted by Crippen LogP contribution is 2.27. The lowest BCUT2D eigenvalue weighted by Gasteiger charge is -2.08. The number of hydrogen-bond donors (Lipinski definition) is 0. The molecule has 0 radical (unpaired) electrons. The van der Waals surface area contributed by atoms with Crippen molar-refractivity contribution >= 4 is 0 Å². The van der Waals surface area contributed by atoms with Gasteiger partial charge in [0.25, 0.3) is 0 Å². The van der Waals surface area contributed by atoms with Crippen molar-refractivity contribution in [2.45, 2.75) is 19.9 Å². The average molecular weight is 457 g/mol. The predicted molar refractivity (Wildman–Crippen MR) is 124 cm³/mol. The van der Waals surface area contributed by atoms with Gasteiger partial charge in [0, 0.05) is 11.8 Å². The van der Waals surface area contributed by atoms with E-state index in [0.717, 1.165) is 35.1 Å². The van der Waals surface area contributed by atoms with Crippen molar-refractivity contribution in [3.63, 3.8) is 0 Å². The summed E-state index contributed by atoms with van der Waals surface area (Å²) in [5, 5.41) is 4.36. The molecule has 2 aromatic carbocycles. The second-order valence-electron chi connectivity index (χ2n) is 7.80. The van der Waals surface area contributed by atoms with Crippen molar-refractivity contribution in [1.29, 1.82) is 0 Å². The van der Waals surface area contributed by atoms with Crippen LogP contribution in [0.15, 0.2) is 73.2 Å². The molecule has 0 spiro atoms. The van der Waals surface area contributed by atoms with E-state index in [1.165, 1.54) is 12.1 Å². The Morgan fingerprint density at radius 2 is 1.68 bits per heavy atom. The largest absolute Gasteiger partial charge is 0.494 e. The van der Waals surface area contributed by atoms with E-state index in [0.29, 0.717) is 24.5 Å². The topological polar surface area (TPSA) is 65.7 Å². The van der Waals surface area contributed by atoms with E-state index in [1.807, 2.05) is 42.6 Å². The van der Waals surface area contributed by atoms with Gasteiger partial charge in [-0.05, 0) is 42.3 Å². The zero-order valence-corrected chi connectivity index (χ0v) is 18.4. The van der Waals surface area contributed by atoms with Gasteiger partial charge in [0.05, 0.1) is 36.8 Å². The second kappa shape index (κ2) is 9.35. The first-order chi connectivity index (χ1) is 16.6. The normalized spacial score (nSPS) is 11.1. The maximum Gasteiger partial charge on any atom is 0.169 e. The third-order valence-electron chi connectivity index (χ3n) is 5.32. The summed E-state index contributed by atoms with van der Waals surface area (Å²) < 4.78 is 35.0. The molecule has 0 bridgehead atoms. The first-order valence-corrected chi connectivity index (χ1v) is 10.9. The zero-order valence-electron chi connectivity index (χ0n) is 18.4. The van der Waals surface area contributed by atoms with Gasteiger partial charge in [-0.15, -0.1) is 0 Å².